The Labute approximate surface area is 134 Å². The zero-order valence-electron chi connectivity index (χ0n) is 12.7. The number of unbranched alkanes of at least 4 members (excludes halogenated alkanes) is 6. The maximum Gasteiger partial charge on any atom is 0.0640 e. The molecule has 114 valence electrons. The lowest BCUT2D eigenvalue weighted by molar-refractivity contribution is 0.496. The van der Waals surface area contributed by atoms with Crippen molar-refractivity contribution in [3.63, 3.8) is 0 Å². The SMILES string of the molecule is CCCCCCCCCC(NC)c1cccc(Cl)c1Cl. The highest BCUT2D eigenvalue weighted by atomic mass is 35.5. The van der Waals surface area contributed by atoms with E-state index in [4.69, 9.17) is 23.2 Å². The van der Waals surface area contributed by atoms with Crippen LogP contribution in [0.15, 0.2) is 18.2 Å². The Morgan fingerprint density at radius 1 is 1.00 bits per heavy atom. The quantitative estimate of drug-likeness (QED) is 0.493. The Morgan fingerprint density at radius 2 is 1.65 bits per heavy atom. The molecule has 0 fully saturated rings. The molecule has 1 unspecified atom stereocenters. The van der Waals surface area contributed by atoms with E-state index in [9.17, 15) is 0 Å². The van der Waals surface area contributed by atoms with Crippen LogP contribution < -0.4 is 5.32 Å². The lowest BCUT2D eigenvalue weighted by atomic mass is 9.99. The highest BCUT2D eigenvalue weighted by Gasteiger charge is 2.14. The molecular formula is C17H27Cl2N. The third kappa shape index (κ3) is 6.03. The smallest absolute Gasteiger partial charge is 0.0640 e. The molecule has 1 rings (SSSR count). The van der Waals surface area contributed by atoms with E-state index in [2.05, 4.69) is 18.3 Å². The lowest BCUT2D eigenvalue weighted by Crippen LogP contribution is -2.16. The van der Waals surface area contributed by atoms with Crippen LogP contribution in [0.5, 0.6) is 0 Å². The van der Waals surface area contributed by atoms with E-state index in [1.807, 2.05) is 19.2 Å². The second-order valence-electron chi connectivity index (χ2n) is 5.39. The molecule has 0 aliphatic carbocycles. The number of nitrogens with one attached hydrogen (secondary N) is 1. The van der Waals surface area contributed by atoms with Gasteiger partial charge in [0.25, 0.3) is 0 Å². The molecule has 1 atom stereocenters. The topological polar surface area (TPSA) is 12.0 Å². The van der Waals surface area contributed by atoms with Crippen molar-refractivity contribution < 1.29 is 0 Å². The van der Waals surface area contributed by atoms with E-state index in [0.29, 0.717) is 16.1 Å². The van der Waals surface area contributed by atoms with E-state index in [0.717, 1.165) is 12.0 Å². The third-order valence-corrected chi connectivity index (χ3v) is 4.64. The summed E-state index contributed by atoms with van der Waals surface area (Å²) in [5, 5.41) is 4.69. The van der Waals surface area contributed by atoms with Crippen LogP contribution in [-0.2, 0) is 0 Å². The van der Waals surface area contributed by atoms with Gasteiger partial charge >= 0.3 is 0 Å². The molecule has 0 aliphatic rings. The number of halogens is 2. The van der Waals surface area contributed by atoms with Crippen LogP contribution in [-0.4, -0.2) is 7.05 Å². The molecule has 1 aromatic rings. The van der Waals surface area contributed by atoms with Crippen LogP contribution in [0.1, 0.15) is 69.9 Å². The monoisotopic (exact) mass is 315 g/mol. The van der Waals surface area contributed by atoms with Crippen molar-refractivity contribution in [2.75, 3.05) is 7.05 Å². The highest BCUT2D eigenvalue weighted by molar-refractivity contribution is 6.42. The average Bonchev–Trinajstić information content (AvgIpc) is 2.46. The zero-order chi connectivity index (χ0) is 14.8. The van der Waals surface area contributed by atoms with Crippen LogP contribution in [0.2, 0.25) is 10.0 Å². The first kappa shape index (κ1) is 17.8. The van der Waals surface area contributed by atoms with E-state index >= 15 is 0 Å². The van der Waals surface area contributed by atoms with E-state index in [-0.39, 0.29) is 0 Å². The second-order valence-corrected chi connectivity index (χ2v) is 6.18. The Hall–Kier alpha value is -0.240. The Bertz CT molecular complexity index is 379. The Morgan fingerprint density at radius 3 is 2.30 bits per heavy atom. The summed E-state index contributed by atoms with van der Waals surface area (Å²) in [5.41, 5.74) is 1.12. The molecule has 0 heterocycles. The van der Waals surface area contributed by atoms with Gasteiger partial charge in [-0.25, -0.2) is 0 Å². The predicted octanol–water partition coefficient (Wildman–Crippen LogP) is 6.39. The van der Waals surface area contributed by atoms with Gasteiger partial charge in [0, 0.05) is 6.04 Å². The molecule has 0 aliphatic heterocycles. The molecule has 0 bridgehead atoms. The summed E-state index contributed by atoms with van der Waals surface area (Å²) >= 11 is 12.4. The summed E-state index contributed by atoms with van der Waals surface area (Å²) in [7, 11) is 1.99. The summed E-state index contributed by atoms with van der Waals surface area (Å²) in [4.78, 5) is 0. The molecule has 0 saturated carbocycles. The summed E-state index contributed by atoms with van der Waals surface area (Å²) in [6.07, 6.45) is 10.4. The second kappa shape index (κ2) is 10.5. The first-order valence-electron chi connectivity index (χ1n) is 7.81. The largest absolute Gasteiger partial charge is 0.313 e. The van der Waals surface area contributed by atoms with Crippen molar-refractivity contribution in [3.05, 3.63) is 33.8 Å². The summed E-state index contributed by atoms with van der Waals surface area (Å²) in [5.74, 6) is 0. The van der Waals surface area contributed by atoms with Gasteiger partial charge in [-0.1, -0.05) is 87.2 Å². The Balaban J connectivity index is 2.34. The first-order valence-corrected chi connectivity index (χ1v) is 8.57. The molecule has 0 spiro atoms. The van der Waals surface area contributed by atoms with Gasteiger partial charge in [0.05, 0.1) is 10.0 Å². The van der Waals surface area contributed by atoms with E-state index in [1.165, 1.54) is 44.9 Å². The molecule has 1 nitrogen and oxygen atoms in total. The van der Waals surface area contributed by atoms with Gasteiger partial charge in [0.2, 0.25) is 0 Å². The van der Waals surface area contributed by atoms with Gasteiger partial charge in [-0.05, 0) is 25.1 Å². The zero-order valence-corrected chi connectivity index (χ0v) is 14.2. The molecule has 0 saturated heterocycles. The van der Waals surface area contributed by atoms with Gasteiger partial charge < -0.3 is 5.32 Å². The number of benzene rings is 1. The van der Waals surface area contributed by atoms with Gasteiger partial charge in [-0.3, -0.25) is 0 Å². The molecular weight excluding hydrogens is 289 g/mol. The minimum absolute atomic E-state index is 0.303. The average molecular weight is 316 g/mol. The maximum atomic E-state index is 6.29. The standard InChI is InChI=1S/C17H27Cl2N/c1-3-4-5-6-7-8-9-13-16(20-2)14-11-10-12-15(18)17(14)19/h10-12,16,20H,3-9,13H2,1-2H3. The van der Waals surface area contributed by atoms with Crippen LogP contribution >= 0.6 is 23.2 Å². The molecule has 1 aromatic carbocycles. The fourth-order valence-electron chi connectivity index (χ4n) is 2.55. The Kier molecular flexibility index (Phi) is 9.33. The van der Waals surface area contributed by atoms with Crippen molar-refractivity contribution >= 4 is 23.2 Å². The summed E-state index contributed by atoms with van der Waals surface area (Å²) < 4.78 is 0. The molecule has 0 radical (unpaired) electrons. The predicted molar refractivity (Wildman–Crippen MR) is 90.9 cm³/mol. The van der Waals surface area contributed by atoms with Crippen molar-refractivity contribution in [2.45, 2.75) is 64.3 Å². The molecule has 1 N–H and O–H groups in total. The van der Waals surface area contributed by atoms with Crippen molar-refractivity contribution in [1.82, 2.24) is 5.32 Å². The van der Waals surface area contributed by atoms with Crippen LogP contribution in [0.25, 0.3) is 0 Å². The fourth-order valence-corrected chi connectivity index (χ4v) is 2.99. The minimum Gasteiger partial charge on any atom is -0.313 e. The lowest BCUT2D eigenvalue weighted by Gasteiger charge is -2.18. The first-order chi connectivity index (χ1) is 9.70. The molecule has 3 heteroatoms. The highest BCUT2D eigenvalue weighted by Crippen LogP contribution is 2.32. The van der Waals surface area contributed by atoms with Crippen LogP contribution in [0.3, 0.4) is 0 Å². The van der Waals surface area contributed by atoms with Gasteiger partial charge in [-0.15, -0.1) is 0 Å². The summed E-state index contributed by atoms with van der Waals surface area (Å²) in [6.45, 7) is 2.26. The molecule has 0 aromatic heterocycles. The van der Waals surface area contributed by atoms with Crippen molar-refractivity contribution in [3.8, 4) is 0 Å². The third-order valence-electron chi connectivity index (χ3n) is 3.80. The summed E-state index contributed by atoms with van der Waals surface area (Å²) in [6, 6.07) is 6.18. The normalized spacial score (nSPS) is 12.6. The van der Waals surface area contributed by atoms with E-state index in [1.54, 1.807) is 0 Å². The number of hydrogen-bond donors (Lipinski definition) is 1. The minimum atomic E-state index is 0.303. The van der Waals surface area contributed by atoms with Crippen LogP contribution in [0.4, 0.5) is 0 Å². The molecule has 0 amide bonds. The van der Waals surface area contributed by atoms with Crippen molar-refractivity contribution in [1.29, 1.82) is 0 Å². The van der Waals surface area contributed by atoms with Gasteiger partial charge in [0.1, 0.15) is 0 Å². The maximum absolute atomic E-state index is 6.29. The van der Waals surface area contributed by atoms with E-state index < -0.39 is 0 Å². The molecule has 20 heavy (non-hydrogen) atoms. The van der Waals surface area contributed by atoms with Crippen LogP contribution in [0, 0.1) is 0 Å². The van der Waals surface area contributed by atoms with Gasteiger partial charge in [-0.2, -0.15) is 0 Å². The fraction of sp³-hybridized carbons (Fsp3) is 0.647. The number of hydrogen-bond acceptors (Lipinski definition) is 1. The number of rotatable bonds is 10. The van der Waals surface area contributed by atoms with Crippen molar-refractivity contribution in [2.24, 2.45) is 0 Å². The van der Waals surface area contributed by atoms with Gasteiger partial charge in [0.15, 0.2) is 0 Å².